The lowest BCUT2D eigenvalue weighted by molar-refractivity contribution is -0.166. The van der Waals surface area contributed by atoms with Crippen molar-refractivity contribution in [3.63, 3.8) is 0 Å². The number of carbonyl (C=O) groups excluding carboxylic acids is 1. The molecule has 3 rings (SSSR count). The highest BCUT2D eigenvalue weighted by atomic mass is 31.2. The molecular formula is C27H31O10P. The molecular weight excluding hydrogens is 515 g/mol. The van der Waals surface area contributed by atoms with Crippen LogP contribution in [0.25, 0.3) is 0 Å². The topological polar surface area (TPSA) is 168 Å². The predicted octanol–water partition coefficient (Wildman–Crippen LogP) is 5.60. The summed E-state index contributed by atoms with van der Waals surface area (Å²) in [5.74, 6) is -2.69. The first-order chi connectivity index (χ1) is 17.8. The highest BCUT2D eigenvalue weighted by Gasteiger charge is 2.19. The molecule has 0 unspecified atom stereocenters. The number of aryl methyl sites for hydroxylation is 3. The molecule has 204 valence electrons. The number of unbranched alkanes of at least 4 members (excludes halogenated alkanes) is 1. The summed E-state index contributed by atoms with van der Waals surface area (Å²) < 4.78 is 14.0. The van der Waals surface area contributed by atoms with Crippen LogP contribution in [0.3, 0.4) is 0 Å². The quantitative estimate of drug-likeness (QED) is 0.159. The van der Waals surface area contributed by atoms with Gasteiger partial charge in [0.05, 0.1) is 16.7 Å². The summed E-state index contributed by atoms with van der Waals surface area (Å²) in [6.07, 6.45) is 3.07. The summed E-state index contributed by atoms with van der Waals surface area (Å²) >= 11 is 0. The maximum atomic E-state index is 11.3. The van der Waals surface area contributed by atoms with E-state index >= 15 is 0 Å². The molecule has 0 aromatic heterocycles. The van der Waals surface area contributed by atoms with Crippen LogP contribution in [0.15, 0.2) is 72.8 Å². The lowest BCUT2D eigenvalue weighted by atomic mass is 10.1. The summed E-state index contributed by atoms with van der Waals surface area (Å²) in [6.45, 7) is 5.93. The van der Waals surface area contributed by atoms with Crippen molar-refractivity contribution in [1.29, 1.82) is 0 Å². The lowest BCUT2D eigenvalue weighted by Crippen LogP contribution is -2.05. The van der Waals surface area contributed by atoms with Gasteiger partial charge in [-0.15, -0.1) is 0 Å². The first-order valence-corrected chi connectivity index (χ1v) is 13.0. The van der Waals surface area contributed by atoms with Crippen LogP contribution >= 0.6 is 7.82 Å². The largest absolute Gasteiger partial charge is 0.505 e. The van der Waals surface area contributed by atoms with Gasteiger partial charge >= 0.3 is 25.7 Å². The third-order valence-corrected chi connectivity index (χ3v) is 5.08. The van der Waals surface area contributed by atoms with Crippen molar-refractivity contribution in [3.8, 4) is 0 Å². The van der Waals surface area contributed by atoms with Gasteiger partial charge in [0.15, 0.2) is 0 Å². The third-order valence-electron chi connectivity index (χ3n) is 4.82. The van der Waals surface area contributed by atoms with Gasteiger partial charge in [0.1, 0.15) is 0 Å². The summed E-state index contributed by atoms with van der Waals surface area (Å²) in [6, 6.07) is 20.1. The van der Waals surface area contributed by atoms with Gasteiger partial charge < -0.3 is 20.0 Å². The number of carbonyl (C=O) groups is 3. The molecule has 0 aliphatic rings. The highest BCUT2D eigenvalue weighted by Crippen LogP contribution is 2.36. The molecule has 38 heavy (non-hydrogen) atoms. The van der Waals surface area contributed by atoms with Gasteiger partial charge in [-0.1, -0.05) is 65.5 Å². The summed E-state index contributed by atoms with van der Waals surface area (Å²) in [5, 5.41) is 17.0. The average molecular weight is 547 g/mol. The molecule has 3 aromatic rings. The number of hydrogen-bond donors (Lipinski definition) is 4. The van der Waals surface area contributed by atoms with E-state index < -0.39 is 25.7 Å². The normalized spacial score (nSPS) is 10.2. The van der Waals surface area contributed by atoms with Crippen LogP contribution in [-0.4, -0.2) is 37.9 Å². The highest BCUT2D eigenvalue weighted by molar-refractivity contribution is 7.46. The Morgan fingerprint density at radius 2 is 1.11 bits per heavy atom. The summed E-state index contributed by atoms with van der Waals surface area (Å²) in [4.78, 5) is 52.7. The number of phosphoric acid groups is 1. The maximum absolute atomic E-state index is 11.3. The van der Waals surface area contributed by atoms with E-state index in [0.29, 0.717) is 11.1 Å². The number of carboxylic acid groups (broad SMARTS) is 2. The van der Waals surface area contributed by atoms with Gasteiger partial charge in [0.25, 0.3) is 0 Å². The zero-order valence-corrected chi connectivity index (χ0v) is 22.1. The molecule has 3 aromatic carbocycles. The molecule has 0 aliphatic heterocycles. The molecule has 0 heterocycles. The van der Waals surface area contributed by atoms with Crippen molar-refractivity contribution >= 4 is 25.7 Å². The standard InChI is InChI=1S/C11H15O6P.2C8H8O2/c1-2-3-4-9-5-7-10(8-6-9)11(12)16-17-18(13,14)15;2*1-6-2-4-7(5-3-6)8(9)10/h5-8H,2-4H2,1H3,(H2,13,14,15);2*2-5H,1H3,(H,9,10). The van der Waals surface area contributed by atoms with Crippen molar-refractivity contribution < 1.29 is 48.5 Å². The average Bonchev–Trinajstić information content (AvgIpc) is 2.87. The van der Waals surface area contributed by atoms with Crippen molar-refractivity contribution in [1.82, 2.24) is 0 Å². The van der Waals surface area contributed by atoms with Gasteiger partial charge in [-0.2, -0.15) is 0 Å². The Hall–Kier alpha value is -3.82. The molecule has 0 amide bonds. The van der Waals surface area contributed by atoms with E-state index in [1.165, 1.54) is 12.1 Å². The molecule has 0 saturated heterocycles. The summed E-state index contributed by atoms with van der Waals surface area (Å²) in [5.41, 5.74) is 4.08. The monoisotopic (exact) mass is 546 g/mol. The molecule has 0 saturated carbocycles. The van der Waals surface area contributed by atoms with Crippen molar-refractivity contribution in [2.24, 2.45) is 0 Å². The van der Waals surface area contributed by atoms with Crippen molar-refractivity contribution in [2.45, 2.75) is 40.0 Å². The fraction of sp³-hybridized carbons (Fsp3) is 0.222. The molecule has 0 spiro atoms. The van der Waals surface area contributed by atoms with Crippen LogP contribution in [0.4, 0.5) is 0 Å². The van der Waals surface area contributed by atoms with Gasteiger partial charge in [-0.25, -0.2) is 18.9 Å². The number of rotatable bonds is 8. The maximum Gasteiger partial charge on any atom is 0.505 e. The van der Waals surface area contributed by atoms with Gasteiger partial charge in [0, 0.05) is 0 Å². The van der Waals surface area contributed by atoms with Crippen LogP contribution < -0.4 is 0 Å². The predicted molar refractivity (Wildman–Crippen MR) is 140 cm³/mol. The van der Waals surface area contributed by atoms with E-state index in [4.69, 9.17) is 20.0 Å². The number of benzene rings is 3. The van der Waals surface area contributed by atoms with E-state index in [1.54, 1.807) is 60.7 Å². The molecule has 0 radical (unpaired) electrons. The Balaban J connectivity index is 0.000000307. The molecule has 11 heteroatoms. The fourth-order valence-corrected chi connectivity index (χ4v) is 2.88. The Kier molecular flexibility index (Phi) is 13.7. The Bertz CT molecular complexity index is 1160. The van der Waals surface area contributed by atoms with Crippen LogP contribution in [0, 0.1) is 13.8 Å². The van der Waals surface area contributed by atoms with E-state index in [-0.39, 0.29) is 5.56 Å². The zero-order valence-electron chi connectivity index (χ0n) is 21.2. The van der Waals surface area contributed by atoms with Crippen LogP contribution in [0.1, 0.15) is 67.5 Å². The Morgan fingerprint density at radius 3 is 1.45 bits per heavy atom. The first-order valence-electron chi connectivity index (χ1n) is 11.5. The molecule has 0 bridgehead atoms. The van der Waals surface area contributed by atoms with Gasteiger partial charge in [-0.3, -0.25) is 4.89 Å². The Morgan fingerprint density at radius 1 is 0.711 bits per heavy atom. The Labute approximate surface area is 220 Å². The van der Waals surface area contributed by atoms with Crippen LogP contribution in [0.5, 0.6) is 0 Å². The minimum Gasteiger partial charge on any atom is -0.478 e. The van der Waals surface area contributed by atoms with E-state index in [0.717, 1.165) is 36.0 Å². The van der Waals surface area contributed by atoms with E-state index in [9.17, 15) is 18.9 Å². The van der Waals surface area contributed by atoms with Crippen LogP contribution in [0.2, 0.25) is 0 Å². The van der Waals surface area contributed by atoms with Gasteiger partial charge in [-0.05, 0) is 68.7 Å². The molecule has 4 N–H and O–H groups in total. The molecule has 0 atom stereocenters. The second-order valence-electron chi connectivity index (χ2n) is 8.08. The second kappa shape index (κ2) is 16.1. The summed E-state index contributed by atoms with van der Waals surface area (Å²) in [7, 11) is -4.81. The van der Waals surface area contributed by atoms with E-state index in [2.05, 4.69) is 16.5 Å². The fourth-order valence-electron chi connectivity index (χ4n) is 2.71. The van der Waals surface area contributed by atoms with Gasteiger partial charge in [0.2, 0.25) is 0 Å². The SMILES string of the molecule is CCCCc1ccc(C(=O)OOP(=O)(O)O)cc1.Cc1ccc(C(=O)O)cc1.Cc1ccc(C(=O)O)cc1. The number of carboxylic acids is 2. The first kappa shape index (κ1) is 32.2. The smallest absolute Gasteiger partial charge is 0.478 e. The minimum absolute atomic E-state index is 0.170. The molecule has 0 aliphatic carbocycles. The lowest BCUT2D eigenvalue weighted by Gasteiger charge is -2.05. The van der Waals surface area contributed by atoms with Crippen molar-refractivity contribution in [2.75, 3.05) is 0 Å². The third kappa shape index (κ3) is 13.5. The zero-order chi connectivity index (χ0) is 28.7. The van der Waals surface area contributed by atoms with E-state index in [1.807, 2.05) is 13.8 Å². The molecule has 0 fully saturated rings. The molecule has 10 nitrogen and oxygen atoms in total. The second-order valence-corrected chi connectivity index (χ2v) is 9.21. The van der Waals surface area contributed by atoms with Crippen molar-refractivity contribution in [3.05, 3.63) is 106 Å². The number of hydrogen-bond acceptors (Lipinski definition) is 6. The minimum atomic E-state index is -4.81. The van der Waals surface area contributed by atoms with Crippen LogP contribution in [-0.2, 0) is 20.5 Å². The number of aromatic carboxylic acids is 2.